The number of urea groups is 1. The summed E-state index contributed by atoms with van der Waals surface area (Å²) < 4.78 is 5.78. The number of rotatable bonds is 6. The third-order valence-electron chi connectivity index (χ3n) is 4.86. The summed E-state index contributed by atoms with van der Waals surface area (Å²) in [5, 5.41) is 3.01. The van der Waals surface area contributed by atoms with Crippen molar-refractivity contribution in [1.82, 2.24) is 15.2 Å². The van der Waals surface area contributed by atoms with E-state index in [0.717, 1.165) is 36.5 Å². The summed E-state index contributed by atoms with van der Waals surface area (Å²) in [5.74, 6) is 0.867. The van der Waals surface area contributed by atoms with Gasteiger partial charge in [0.2, 0.25) is 0 Å². The van der Waals surface area contributed by atoms with Crippen LogP contribution in [-0.4, -0.2) is 48.2 Å². The Labute approximate surface area is 161 Å². The molecule has 0 aliphatic carbocycles. The van der Waals surface area contributed by atoms with Crippen molar-refractivity contribution in [3.8, 4) is 5.75 Å². The summed E-state index contributed by atoms with van der Waals surface area (Å²) in [6, 6.07) is 11.9. The second-order valence-corrected chi connectivity index (χ2v) is 6.82. The van der Waals surface area contributed by atoms with Crippen LogP contribution in [0.4, 0.5) is 10.5 Å². The van der Waals surface area contributed by atoms with E-state index in [1.54, 1.807) is 6.20 Å². The van der Waals surface area contributed by atoms with Crippen molar-refractivity contribution in [2.45, 2.75) is 32.9 Å². The number of piperazine rings is 1. The maximum absolute atomic E-state index is 12.4. The van der Waals surface area contributed by atoms with Crippen molar-refractivity contribution < 1.29 is 9.53 Å². The molecule has 144 valence electrons. The zero-order valence-electron chi connectivity index (χ0n) is 16.1. The molecule has 2 heterocycles. The number of ether oxygens (including phenoxy) is 1. The first-order chi connectivity index (χ1) is 13.2. The van der Waals surface area contributed by atoms with E-state index in [9.17, 15) is 4.79 Å². The maximum atomic E-state index is 12.4. The van der Waals surface area contributed by atoms with Crippen LogP contribution in [0.1, 0.15) is 25.8 Å². The van der Waals surface area contributed by atoms with Crippen molar-refractivity contribution >= 4 is 11.7 Å². The lowest BCUT2D eigenvalue weighted by Gasteiger charge is -2.35. The van der Waals surface area contributed by atoms with Crippen molar-refractivity contribution in [2.75, 3.05) is 31.1 Å². The van der Waals surface area contributed by atoms with E-state index in [1.165, 1.54) is 0 Å². The molecule has 1 aliphatic rings. The van der Waals surface area contributed by atoms with Crippen molar-refractivity contribution in [3.05, 3.63) is 54.4 Å². The Hall–Kier alpha value is -2.76. The van der Waals surface area contributed by atoms with Crippen LogP contribution < -0.4 is 15.0 Å². The molecule has 0 saturated carbocycles. The van der Waals surface area contributed by atoms with Gasteiger partial charge >= 0.3 is 6.03 Å². The first-order valence-corrected chi connectivity index (χ1v) is 9.59. The molecule has 3 rings (SSSR count). The zero-order chi connectivity index (χ0) is 19.1. The number of pyridine rings is 1. The number of amides is 2. The van der Waals surface area contributed by atoms with Gasteiger partial charge in [0, 0.05) is 38.9 Å². The van der Waals surface area contributed by atoms with Crippen LogP contribution >= 0.6 is 0 Å². The Bertz CT molecular complexity index is 713. The summed E-state index contributed by atoms with van der Waals surface area (Å²) in [6.07, 6.45) is 4.83. The predicted octanol–water partition coefficient (Wildman–Crippen LogP) is 3.29. The second-order valence-electron chi connectivity index (χ2n) is 6.82. The molecule has 2 aromatic rings. The highest BCUT2D eigenvalue weighted by Crippen LogP contribution is 2.16. The molecule has 0 spiro atoms. The number of carbonyl (C=O) groups is 1. The monoisotopic (exact) mass is 368 g/mol. The van der Waals surface area contributed by atoms with E-state index < -0.39 is 0 Å². The number of carbonyl (C=O) groups excluding carboxylic acids is 1. The van der Waals surface area contributed by atoms with Crippen LogP contribution in [0.3, 0.4) is 0 Å². The minimum Gasteiger partial charge on any atom is -0.491 e. The molecule has 0 radical (unpaired) electrons. The van der Waals surface area contributed by atoms with E-state index in [-0.39, 0.29) is 12.1 Å². The van der Waals surface area contributed by atoms with E-state index in [4.69, 9.17) is 4.74 Å². The first kappa shape index (κ1) is 19.0. The molecule has 1 aliphatic heterocycles. The minimum absolute atomic E-state index is 0.0132. The van der Waals surface area contributed by atoms with Crippen molar-refractivity contribution in [2.24, 2.45) is 0 Å². The van der Waals surface area contributed by atoms with Crippen molar-refractivity contribution in [1.29, 1.82) is 0 Å². The highest BCUT2D eigenvalue weighted by atomic mass is 16.5. The number of nitrogens with one attached hydrogen (secondary N) is 1. The third kappa shape index (κ3) is 5.36. The fourth-order valence-corrected chi connectivity index (χ4v) is 3.00. The lowest BCUT2D eigenvalue weighted by atomic mass is 10.2. The van der Waals surface area contributed by atoms with Crippen LogP contribution in [0.25, 0.3) is 0 Å². The van der Waals surface area contributed by atoms with E-state index in [2.05, 4.69) is 35.1 Å². The quantitative estimate of drug-likeness (QED) is 0.850. The van der Waals surface area contributed by atoms with Crippen LogP contribution in [0.5, 0.6) is 5.75 Å². The van der Waals surface area contributed by atoms with Crippen LogP contribution in [-0.2, 0) is 6.54 Å². The van der Waals surface area contributed by atoms with Gasteiger partial charge in [0.25, 0.3) is 0 Å². The number of anilines is 1. The summed E-state index contributed by atoms with van der Waals surface area (Å²) in [7, 11) is 0. The third-order valence-corrected chi connectivity index (χ3v) is 4.86. The molecule has 6 nitrogen and oxygen atoms in total. The first-order valence-electron chi connectivity index (χ1n) is 9.59. The molecular weight excluding hydrogens is 340 g/mol. The molecule has 27 heavy (non-hydrogen) atoms. The van der Waals surface area contributed by atoms with Crippen LogP contribution in [0.15, 0.2) is 48.8 Å². The van der Waals surface area contributed by atoms with Gasteiger partial charge in [-0.15, -0.1) is 0 Å². The smallest absolute Gasteiger partial charge is 0.317 e. The SMILES string of the molecule is CC[C@H](C)Oc1ccc(CNC(=O)N2CCN(c3cccnc3)CC2)cc1. The normalized spacial score (nSPS) is 15.3. The number of hydrogen-bond donors (Lipinski definition) is 1. The molecule has 1 saturated heterocycles. The summed E-state index contributed by atoms with van der Waals surface area (Å²) in [5.41, 5.74) is 2.17. The maximum Gasteiger partial charge on any atom is 0.317 e. The standard InChI is InChI=1S/C21H28N4O2/c1-3-17(2)27-20-8-6-18(7-9-20)15-23-21(26)25-13-11-24(12-14-25)19-5-4-10-22-16-19/h4-10,16-17H,3,11-15H2,1-2H3,(H,23,26)/t17-/m0/s1. The summed E-state index contributed by atoms with van der Waals surface area (Å²) in [4.78, 5) is 20.7. The molecule has 0 unspecified atom stereocenters. The van der Waals surface area contributed by atoms with Gasteiger partial charge in [-0.3, -0.25) is 4.98 Å². The van der Waals surface area contributed by atoms with E-state index in [0.29, 0.717) is 19.6 Å². The zero-order valence-corrected chi connectivity index (χ0v) is 16.1. The Kier molecular flexibility index (Phi) is 6.52. The molecule has 1 atom stereocenters. The van der Waals surface area contributed by atoms with Gasteiger partial charge in [0.1, 0.15) is 5.75 Å². The van der Waals surface area contributed by atoms with Gasteiger partial charge in [-0.05, 0) is 43.2 Å². The lowest BCUT2D eigenvalue weighted by Crippen LogP contribution is -2.51. The van der Waals surface area contributed by atoms with Gasteiger partial charge in [-0.1, -0.05) is 19.1 Å². The van der Waals surface area contributed by atoms with Gasteiger partial charge in [-0.25, -0.2) is 4.79 Å². The molecule has 1 N–H and O–H groups in total. The van der Waals surface area contributed by atoms with E-state index >= 15 is 0 Å². The van der Waals surface area contributed by atoms with Gasteiger partial charge in [-0.2, -0.15) is 0 Å². The molecule has 1 aromatic heterocycles. The Morgan fingerprint density at radius 2 is 1.93 bits per heavy atom. The average molecular weight is 368 g/mol. The molecular formula is C21H28N4O2. The van der Waals surface area contributed by atoms with Gasteiger partial charge < -0.3 is 19.9 Å². The highest BCUT2D eigenvalue weighted by Gasteiger charge is 2.21. The number of hydrogen-bond acceptors (Lipinski definition) is 4. The Morgan fingerprint density at radius 3 is 2.56 bits per heavy atom. The fourth-order valence-electron chi connectivity index (χ4n) is 3.00. The summed E-state index contributed by atoms with van der Waals surface area (Å²) >= 11 is 0. The molecule has 6 heteroatoms. The summed E-state index contributed by atoms with van der Waals surface area (Å²) in [6.45, 7) is 7.74. The topological polar surface area (TPSA) is 57.7 Å². The average Bonchev–Trinajstić information content (AvgIpc) is 2.73. The molecule has 1 fully saturated rings. The van der Waals surface area contributed by atoms with Gasteiger partial charge in [0.05, 0.1) is 18.0 Å². The molecule has 0 bridgehead atoms. The van der Waals surface area contributed by atoms with Crippen LogP contribution in [0.2, 0.25) is 0 Å². The van der Waals surface area contributed by atoms with E-state index in [1.807, 2.05) is 41.4 Å². The van der Waals surface area contributed by atoms with Gasteiger partial charge in [0.15, 0.2) is 0 Å². The lowest BCUT2D eigenvalue weighted by molar-refractivity contribution is 0.194. The van der Waals surface area contributed by atoms with Crippen molar-refractivity contribution in [3.63, 3.8) is 0 Å². The molecule has 1 aromatic carbocycles. The predicted molar refractivity (Wildman–Crippen MR) is 107 cm³/mol. The minimum atomic E-state index is -0.0132. The number of nitrogens with zero attached hydrogens (tertiary/aromatic N) is 3. The number of benzene rings is 1. The highest BCUT2D eigenvalue weighted by molar-refractivity contribution is 5.74. The second kappa shape index (κ2) is 9.26. The fraction of sp³-hybridized carbons (Fsp3) is 0.429. The Morgan fingerprint density at radius 1 is 1.19 bits per heavy atom. The molecule has 2 amide bonds. The Balaban J connectivity index is 1.43. The largest absolute Gasteiger partial charge is 0.491 e. The number of aromatic nitrogens is 1. The van der Waals surface area contributed by atoms with Crippen LogP contribution in [0, 0.1) is 0 Å².